The average Bonchev–Trinajstić information content (AvgIpc) is 3.19. The summed E-state index contributed by atoms with van der Waals surface area (Å²) in [4.78, 5) is 18.5. The molecule has 0 saturated carbocycles. The van der Waals surface area contributed by atoms with E-state index in [0.29, 0.717) is 32.7 Å². The van der Waals surface area contributed by atoms with Crippen molar-refractivity contribution in [2.24, 2.45) is 5.10 Å². The van der Waals surface area contributed by atoms with E-state index in [4.69, 9.17) is 4.74 Å². The fraction of sp³-hybridized carbons (Fsp3) is 0.174. The molecule has 184 valence electrons. The van der Waals surface area contributed by atoms with Crippen LogP contribution < -0.4 is 20.4 Å². The molecule has 3 aromatic rings. The molecule has 0 unspecified atom stereocenters. The first-order chi connectivity index (χ1) is 16.6. The van der Waals surface area contributed by atoms with Gasteiger partial charge >= 0.3 is 0 Å². The number of methoxy groups -OCH3 is 1. The number of anilines is 1. The third-order valence-electron chi connectivity index (χ3n) is 4.63. The normalized spacial score (nSPS) is 11.9. The molecular weight excluding hydrogens is 490 g/mol. The number of hydrazone groups is 1. The number of thiazole rings is 1. The number of hydrazine groups is 1. The second kappa shape index (κ2) is 11.0. The fourth-order valence-corrected chi connectivity index (χ4v) is 4.55. The number of carbonyl (C=O) groups is 1. The Morgan fingerprint density at radius 3 is 2.54 bits per heavy atom. The van der Waals surface area contributed by atoms with Crippen molar-refractivity contribution in [1.82, 2.24) is 15.2 Å². The molecule has 1 aromatic heterocycles. The summed E-state index contributed by atoms with van der Waals surface area (Å²) in [6.45, 7) is 4.96. The van der Waals surface area contributed by atoms with Gasteiger partial charge in [-0.1, -0.05) is 41.2 Å². The van der Waals surface area contributed by atoms with Crippen LogP contribution in [0.1, 0.15) is 28.6 Å². The number of phenols is 1. The van der Waals surface area contributed by atoms with Crippen LogP contribution in [0.15, 0.2) is 58.5 Å². The Balaban J connectivity index is 1.98. The van der Waals surface area contributed by atoms with Crippen LogP contribution in [0.25, 0.3) is 6.08 Å². The smallest absolute Gasteiger partial charge is 0.276 e. The third-order valence-corrected chi connectivity index (χ3v) is 6.95. The Hall–Kier alpha value is -3.90. The standard InChI is InChI=1S/C23H25N5O5S2/c1-14-5-9-18(10-6-14)35(31,32)28-26-19(11-7-17-8-12-20(30)21(13-17)33-4)22-15(2)24-23(34-22)27-25-16(3)29/h5-13,28,30H,1-4H3,(H,24,27)(H,25,29)/b11-7+,26-19-. The first kappa shape index (κ1) is 25.7. The number of ether oxygens (including phenoxy) is 1. The van der Waals surface area contributed by atoms with Gasteiger partial charge in [-0.3, -0.25) is 15.6 Å². The topological polar surface area (TPSA) is 142 Å². The molecule has 0 aliphatic heterocycles. The van der Waals surface area contributed by atoms with Crippen LogP contribution in [0.2, 0.25) is 0 Å². The number of aromatic hydroxyl groups is 1. The summed E-state index contributed by atoms with van der Waals surface area (Å²) in [5.74, 6) is -0.00168. The van der Waals surface area contributed by atoms with Crippen LogP contribution in [-0.2, 0) is 14.8 Å². The van der Waals surface area contributed by atoms with E-state index in [1.165, 1.54) is 43.6 Å². The van der Waals surface area contributed by atoms with E-state index in [1.54, 1.807) is 43.3 Å². The van der Waals surface area contributed by atoms with E-state index in [9.17, 15) is 18.3 Å². The summed E-state index contributed by atoms with van der Waals surface area (Å²) in [6.07, 6.45) is 3.31. The number of allylic oxidation sites excluding steroid dienone is 1. The highest BCUT2D eigenvalue weighted by Gasteiger charge is 2.16. The van der Waals surface area contributed by atoms with Crippen LogP contribution >= 0.6 is 11.3 Å². The number of carbonyl (C=O) groups excluding carboxylic acids is 1. The molecule has 0 aliphatic carbocycles. The van der Waals surface area contributed by atoms with Crippen LogP contribution in [0.5, 0.6) is 11.5 Å². The lowest BCUT2D eigenvalue weighted by molar-refractivity contribution is -0.118. The number of aryl methyl sites for hydroxylation is 2. The summed E-state index contributed by atoms with van der Waals surface area (Å²) in [5.41, 5.74) is 7.64. The molecule has 0 fully saturated rings. The largest absolute Gasteiger partial charge is 0.504 e. The van der Waals surface area contributed by atoms with Crippen LogP contribution in [0.4, 0.5) is 5.13 Å². The molecule has 0 spiro atoms. The van der Waals surface area contributed by atoms with Crippen LogP contribution in [0, 0.1) is 13.8 Å². The monoisotopic (exact) mass is 515 g/mol. The van der Waals surface area contributed by atoms with E-state index >= 15 is 0 Å². The van der Waals surface area contributed by atoms with E-state index in [2.05, 4.69) is 25.8 Å². The zero-order valence-electron chi connectivity index (χ0n) is 19.5. The van der Waals surface area contributed by atoms with Gasteiger partial charge in [0.25, 0.3) is 10.0 Å². The molecule has 0 saturated heterocycles. The molecule has 0 radical (unpaired) electrons. The van der Waals surface area contributed by atoms with E-state index in [-0.39, 0.29) is 16.6 Å². The van der Waals surface area contributed by atoms with Crippen molar-refractivity contribution >= 4 is 44.2 Å². The van der Waals surface area contributed by atoms with E-state index in [0.717, 1.165) is 5.56 Å². The minimum atomic E-state index is -3.92. The van der Waals surface area contributed by atoms with Crippen LogP contribution in [0.3, 0.4) is 0 Å². The summed E-state index contributed by atoms with van der Waals surface area (Å²) in [5, 5.41) is 14.4. The van der Waals surface area contributed by atoms with Crippen molar-refractivity contribution in [3.63, 3.8) is 0 Å². The van der Waals surface area contributed by atoms with Crippen molar-refractivity contribution in [2.75, 3.05) is 12.5 Å². The van der Waals surface area contributed by atoms with Gasteiger partial charge in [0.2, 0.25) is 11.0 Å². The third kappa shape index (κ3) is 6.80. The molecule has 10 nitrogen and oxygen atoms in total. The Kier molecular flexibility index (Phi) is 8.10. The van der Waals surface area contributed by atoms with Crippen molar-refractivity contribution in [1.29, 1.82) is 0 Å². The zero-order chi connectivity index (χ0) is 25.6. The summed E-state index contributed by atoms with van der Waals surface area (Å²) in [7, 11) is -2.48. The summed E-state index contributed by atoms with van der Waals surface area (Å²) < 4.78 is 30.7. The van der Waals surface area contributed by atoms with Crippen molar-refractivity contribution < 1.29 is 23.1 Å². The van der Waals surface area contributed by atoms with Crippen molar-refractivity contribution in [3.8, 4) is 11.5 Å². The molecule has 1 amide bonds. The Morgan fingerprint density at radius 1 is 1.17 bits per heavy atom. The van der Waals surface area contributed by atoms with Crippen molar-refractivity contribution in [2.45, 2.75) is 25.7 Å². The molecular formula is C23H25N5O5S2. The molecule has 0 atom stereocenters. The Bertz CT molecular complexity index is 1380. The van der Waals surface area contributed by atoms with Gasteiger partial charge in [0.05, 0.1) is 22.6 Å². The van der Waals surface area contributed by atoms with Gasteiger partial charge in [-0.2, -0.15) is 18.4 Å². The Labute approximate surface area is 207 Å². The predicted molar refractivity (Wildman–Crippen MR) is 136 cm³/mol. The van der Waals surface area contributed by atoms with Gasteiger partial charge < -0.3 is 9.84 Å². The van der Waals surface area contributed by atoms with Gasteiger partial charge in [-0.15, -0.1) is 0 Å². The molecule has 3 rings (SSSR count). The maximum atomic E-state index is 12.8. The minimum absolute atomic E-state index is 0.00335. The first-order valence-corrected chi connectivity index (χ1v) is 12.6. The maximum absolute atomic E-state index is 12.8. The SMILES string of the molecule is COc1cc(/C=C/C(=N/NS(=O)(=O)c2ccc(C)cc2)c2sc(NNC(C)=O)nc2C)ccc1O. The number of sulfonamides is 1. The van der Waals surface area contributed by atoms with Gasteiger partial charge in [0.15, 0.2) is 11.5 Å². The maximum Gasteiger partial charge on any atom is 0.276 e. The lowest BCUT2D eigenvalue weighted by Crippen LogP contribution is -2.26. The molecule has 4 N–H and O–H groups in total. The zero-order valence-corrected chi connectivity index (χ0v) is 21.1. The van der Waals surface area contributed by atoms with E-state index < -0.39 is 10.0 Å². The number of nitrogens with one attached hydrogen (secondary N) is 3. The lowest BCUT2D eigenvalue weighted by Gasteiger charge is -2.06. The summed E-state index contributed by atoms with van der Waals surface area (Å²) in [6, 6.07) is 11.2. The highest BCUT2D eigenvalue weighted by Crippen LogP contribution is 2.28. The second-order valence-electron chi connectivity index (χ2n) is 7.41. The van der Waals surface area contributed by atoms with Gasteiger partial charge in [-0.25, -0.2) is 4.98 Å². The first-order valence-electron chi connectivity index (χ1n) is 10.3. The quantitative estimate of drug-likeness (QED) is 0.253. The predicted octanol–water partition coefficient (Wildman–Crippen LogP) is 3.33. The van der Waals surface area contributed by atoms with Crippen molar-refractivity contribution in [3.05, 3.63) is 70.2 Å². The van der Waals surface area contributed by atoms with Gasteiger partial charge in [0, 0.05) is 6.92 Å². The van der Waals surface area contributed by atoms with Crippen LogP contribution in [-0.4, -0.2) is 37.2 Å². The number of amides is 1. The molecule has 2 aromatic carbocycles. The van der Waals surface area contributed by atoms with E-state index in [1.807, 2.05) is 6.92 Å². The molecule has 12 heteroatoms. The highest BCUT2D eigenvalue weighted by atomic mass is 32.2. The number of benzene rings is 2. The molecule has 35 heavy (non-hydrogen) atoms. The van der Waals surface area contributed by atoms with Gasteiger partial charge in [-0.05, 0) is 49.8 Å². The molecule has 0 aliphatic rings. The second-order valence-corrected chi connectivity index (χ2v) is 10.1. The number of hydrogen-bond acceptors (Lipinski definition) is 9. The number of nitrogens with zero attached hydrogens (tertiary/aromatic N) is 2. The lowest BCUT2D eigenvalue weighted by atomic mass is 10.1. The minimum Gasteiger partial charge on any atom is -0.504 e. The average molecular weight is 516 g/mol. The Morgan fingerprint density at radius 2 is 1.89 bits per heavy atom. The number of rotatable bonds is 9. The summed E-state index contributed by atoms with van der Waals surface area (Å²) >= 11 is 1.18. The number of aromatic nitrogens is 1. The number of hydrogen-bond donors (Lipinski definition) is 4. The number of phenolic OH excluding ortho intramolecular Hbond substituents is 1. The fourth-order valence-electron chi connectivity index (χ4n) is 2.85. The highest BCUT2D eigenvalue weighted by molar-refractivity contribution is 7.89. The molecule has 0 bridgehead atoms. The van der Waals surface area contributed by atoms with Gasteiger partial charge in [0.1, 0.15) is 5.71 Å². The molecule has 1 heterocycles.